The van der Waals surface area contributed by atoms with Crippen molar-refractivity contribution >= 4 is 29.2 Å². The van der Waals surface area contributed by atoms with E-state index in [4.69, 9.17) is 5.11 Å². The number of carbonyl (C=O) groups excluding carboxylic acids is 2. The third-order valence-corrected chi connectivity index (χ3v) is 4.07. The molecule has 1 aliphatic heterocycles. The summed E-state index contributed by atoms with van der Waals surface area (Å²) in [6, 6.07) is -1.92. The minimum absolute atomic E-state index is 0.0877. The predicted octanol–water partition coefficient (Wildman–Crippen LogP) is 0.189. The van der Waals surface area contributed by atoms with E-state index in [-0.39, 0.29) is 25.0 Å². The quantitative estimate of drug-likeness (QED) is 0.735. The van der Waals surface area contributed by atoms with Crippen molar-refractivity contribution in [2.45, 2.75) is 25.4 Å². The average molecular weight is 312 g/mol. The van der Waals surface area contributed by atoms with Gasteiger partial charge in [-0.15, -0.1) is 11.3 Å². The molecule has 21 heavy (non-hydrogen) atoms. The van der Waals surface area contributed by atoms with Gasteiger partial charge in [0.1, 0.15) is 17.6 Å². The predicted molar refractivity (Wildman–Crippen MR) is 74.8 cm³/mol. The molecule has 0 aliphatic carbocycles. The minimum Gasteiger partial charge on any atom is -0.480 e. The maximum Gasteiger partial charge on any atom is 0.328 e. The number of rotatable bonds is 4. The molecule has 2 atom stereocenters. The molecule has 1 saturated heterocycles. The highest BCUT2D eigenvalue weighted by atomic mass is 32.1. The number of hydrogen-bond donors (Lipinski definition) is 3. The molecule has 0 radical (unpaired) electrons. The smallest absolute Gasteiger partial charge is 0.328 e. The number of aliphatic carboxylic acids is 1. The molecule has 1 aromatic heterocycles. The van der Waals surface area contributed by atoms with E-state index in [0.29, 0.717) is 6.42 Å². The van der Waals surface area contributed by atoms with Crippen molar-refractivity contribution in [2.24, 2.45) is 0 Å². The number of amides is 3. The highest BCUT2D eigenvalue weighted by molar-refractivity contribution is 7.09. The monoisotopic (exact) mass is 312 g/mol. The fourth-order valence-corrected chi connectivity index (χ4v) is 2.83. The van der Waals surface area contributed by atoms with Gasteiger partial charge in [0.15, 0.2) is 0 Å². The largest absolute Gasteiger partial charge is 0.480 e. The van der Waals surface area contributed by atoms with E-state index in [9.17, 15) is 14.4 Å². The lowest BCUT2D eigenvalue weighted by atomic mass is 10.2. The average Bonchev–Trinajstić information content (AvgIpc) is 2.98. The summed E-state index contributed by atoms with van der Waals surface area (Å²) in [5, 5.41) is 16.9. The first-order chi connectivity index (χ1) is 10.0. The van der Waals surface area contributed by atoms with Crippen molar-refractivity contribution in [2.75, 3.05) is 13.1 Å². The molecule has 8 nitrogen and oxygen atoms in total. The van der Waals surface area contributed by atoms with Crippen molar-refractivity contribution in [1.29, 1.82) is 0 Å². The summed E-state index contributed by atoms with van der Waals surface area (Å²) in [4.78, 5) is 40.0. The van der Waals surface area contributed by atoms with Gasteiger partial charge in [-0.3, -0.25) is 9.69 Å². The Labute approximate surface area is 125 Å². The van der Waals surface area contributed by atoms with Gasteiger partial charge in [0.05, 0.1) is 6.04 Å². The van der Waals surface area contributed by atoms with Crippen LogP contribution >= 0.6 is 11.3 Å². The molecule has 0 aromatic carbocycles. The molecule has 0 spiro atoms. The van der Waals surface area contributed by atoms with Gasteiger partial charge in [-0.2, -0.15) is 0 Å². The first-order valence-electron chi connectivity index (χ1n) is 6.49. The lowest BCUT2D eigenvalue weighted by molar-refractivity contribution is -0.144. The lowest BCUT2D eigenvalue weighted by Gasteiger charge is -2.33. The minimum atomic E-state index is -1.15. The van der Waals surface area contributed by atoms with Crippen molar-refractivity contribution in [3.05, 3.63) is 16.6 Å². The van der Waals surface area contributed by atoms with E-state index in [1.54, 1.807) is 11.6 Å². The van der Waals surface area contributed by atoms with E-state index in [1.165, 1.54) is 11.3 Å². The molecule has 3 amide bonds. The molecule has 0 saturated carbocycles. The molecule has 2 unspecified atom stereocenters. The summed E-state index contributed by atoms with van der Waals surface area (Å²) in [5.41, 5.74) is 0. The number of aromatic nitrogens is 1. The maximum atomic E-state index is 12.3. The summed E-state index contributed by atoms with van der Waals surface area (Å²) in [5.74, 6) is -1.52. The zero-order valence-electron chi connectivity index (χ0n) is 11.4. The third-order valence-electron chi connectivity index (χ3n) is 3.18. The number of carbonyl (C=O) groups is 3. The van der Waals surface area contributed by atoms with Crippen LogP contribution < -0.4 is 10.6 Å². The van der Waals surface area contributed by atoms with Crippen molar-refractivity contribution in [1.82, 2.24) is 20.5 Å². The van der Waals surface area contributed by atoms with Crippen molar-refractivity contribution < 1.29 is 19.5 Å². The standard InChI is InChI=1S/C12H16N4O4S/c1-2-7(10-13-3-4-21-10)15-12(20)16-6-9(17)14-5-8(16)11(18)19/h3-4,7-8H,2,5-6H2,1H3,(H,14,17)(H,15,20)(H,18,19). The van der Waals surface area contributed by atoms with E-state index < -0.39 is 18.0 Å². The summed E-state index contributed by atoms with van der Waals surface area (Å²) in [6.45, 7) is 1.54. The Morgan fingerprint density at radius 2 is 2.43 bits per heavy atom. The van der Waals surface area contributed by atoms with Crippen LogP contribution in [0.3, 0.4) is 0 Å². The van der Waals surface area contributed by atoms with E-state index in [0.717, 1.165) is 9.91 Å². The zero-order valence-corrected chi connectivity index (χ0v) is 12.2. The fourth-order valence-electron chi connectivity index (χ4n) is 2.05. The number of hydrogen-bond acceptors (Lipinski definition) is 5. The second-order valence-corrected chi connectivity index (χ2v) is 5.49. The van der Waals surface area contributed by atoms with Crippen LogP contribution in [0.5, 0.6) is 0 Å². The fraction of sp³-hybridized carbons (Fsp3) is 0.500. The molecule has 114 valence electrons. The normalized spacial score (nSPS) is 19.8. The first kappa shape index (κ1) is 15.2. The first-order valence-corrected chi connectivity index (χ1v) is 7.37. The van der Waals surface area contributed by atoms with Crippen LogP contribution in [0.15, 0.2) is 11.6 Å². The second-order valence-electron chi connectivity index (χ2n) is 4.57. The van der Waals surface area contributed by atoms with Crippen molar-refractivity contribution in [3.63, 3.8) is 0 Å². The van der Waals surface area contributed by atoms with Gasteiger partial charge in [0.2, 0.25) is 5.91 Å². The number of carboxylic acids is 1. The van der Waals surface area contributed by atoms with E-state index in [1.807, 2.05) is 6.92 Å². The van der Waals surface area contributed by atoms with Gasteiger partial charge in [-0.1, -0.05) is 6.92 Å². The number of nitrogens with one attached hydrogen (secondary N) is 2. The molecule has 1 aromatic rings. The van der Waals surface area contributed by atoms with Gasteiger partial charge < -0.3 is 15.7 Å². The summed E-state index contributed by atoms with van der Waals surface area (Å²) in [7, 11) is 0. The number of nitrogens with zero attached hydrogens (tertiary/aromatic N) is 2. The topological polar surface area (TPSA) is 112 Å². The Balaban J connectivity index is 2.09. The van der Waals surface area contributed by atoms with Gasteiger partial charge in [-0.25, -0.2) is 14.6 Å². The number of urea groups is 1. The third kappa shape index (κ3) is 3.48. The molecule has 9 heteroatoms. The summed E-state index contributed by atoms with van der Waals surface area (Å²) < 4.78 is 0. The van der Waals surface area contributed by atoms with E-state index in [2.05, 4.69) is 15.6 Å². The van der Waals surface area contributed by atoms with Crippen LogP contribution in [0, 0.1) is 0 Å². The molecule has 2 heterocycles. The van der Waals surface area contributed by atoms with Gasteiger partial charge in [-0.05, 0) is 6.42 Å². The van der Waals surface area contributed by atoms with Crippen LogP contribution in [-0.2, 0) is 9.59 Å². The summed E-state index contributed by atoms with van der Waals surface area (Å²) >= 11 is 1.41. The zero-order chi connectivity index (χ0) is 15.4. The number of carboxylic acid groups (broad SMARTS) is 1. The second kappa shape index (κ2) is 6.53. The summed E-state index contributed by atoms with van der Waals surface area (Å²) in [6.07, 6.45) is 2.26. The lowest BCUT2D eigenvalue weighted by Crippen LogP contribution is -2.61. The Morgan fingerprint density at radius 1 is 1.67 bits per heavy atom. The molecule has 1 aliphatic rings. The Hall–Kier alpha value is -2.16. The van der Waals surface area contributed by atoms with Gasteiger partial charge in [0, 0.05) is 18.1 Å². The molecule has 2 rings (SSSR count). The number of piperazine rings is 1. The molecule has 1 fully saturated rings. The van der Waals surface area contributed by atoms with Crippen molar-refractivity contribution in [3.8, 4) is 0 Å². The molecule has 3 N–H and O–H groups in total. The van der Waals surface area contributed by atoms with Crippen LogP contribution in [0.4, 0.5) is 4.79 Å². The maximum absolute atomic E-state index is 12.3. The molecular formula is C12H16N4O4S. The SMILES string of the molecule is CCC(NC(=O)N1CC(=O)NCC1C(=O)O)c1nccs1. The van der Waals surface area contributed by atoms with E-state index >= 15 is 0 Å². The van der Waals surface area contributed by atoms with Crippen LogP contribution in [0.25, 0.3) is 0 Å². The highest BCUT2D eigenvalue weighted by Crippen LogP contribution is 2.19. The van der Waals surface area contributed by atoms with Gasteiger partial charge in [0.25, 0.3) is 0 Å². The molecule has 0 bridgehead atoms. The Morgan fingerprint density at radius 3 is 3.00 bits per heavy atom. The Kier molecular flexibility index (Phi) is 4.73. The Bertz CT molecular complexity index is 533. The van der Waals surface area contributed by atoms with Crippen LogP contribution in [-0.4, -0.2) is 52.0 Å². The van der Waals surface area contributed by atoms with Crippen LogP contribution in [0.1, 0.15) is 24.4 Å². The van der Waals surface area contributed by atoms with Crippen LogP contribution in [0.2, 0.25) is 0 Å². The van der Waals surface area contributed by atoms with Gasteiger partial charge >= 0.3 is 12.0 Å². The molecular weight excluding hydrogens is 296 g/mol. The number of thiazole rings is 1. The highest BCUT2D eigenvalue weighted by Gasteiger charge is 2.36.